The number of amides is 1. The van der Waals surface area contributed by atoms with Crippen LogP contribution in [0.2, 0.25) is 0 Å². The van der Waals surface area contributed by atoms with Gasteiger partial charge in [-0.25, -0.2) is 4.68 Å². The minimum Gasteiger partial charge on any atom is -0.504 e. The third-order valence-electron chi connectivity index (χ3n) is 5.69. The Balaban J connectivity index is 1.51. The van der Waals surface area contributed by atoms with Crippen molar-refractivity contribution in [2.24, 2.45) is 5.73 Å². The van der Waals surface area contributed by atoms with Crippen molar-refractivity contribution in [3.8, 4) is 28.9 Å². The van der Waals surface area contributed by atoms with Gasteiger partial charge in [-0.3, -0.25) is 14.5 Å². The van der Waals surface area contributed by atoms with Crippen LogP contribution in [0.3, 0.4) is 0 Å². The maximum Gasteiger partial charge on any atom is 0.269 e. The van der Waals surface area contributed by atoms with Crippen molar-refractivity contribution in [2.45, 2.75) is 26.8 Å². The van der Waals surface area contributed by atoms with Crippen LogP contribution in [0.15, 0.2) is 47.2 Å². The Bertz CT molecular complexity index is 1560. The number of hydrogen-bond donors (Lipinski definition) is 2. The average Bonchev–Trinajstić information content (AvgIpc) is 3.53. The van der Waals surface area contributed by atoms with E-state index in [1.54, 1.807) is 31.0 Å². The molecule has 1 amide bonds. The Hall–Kier alpha value is -4.67. The van der Waals surface area contributed by atoms with Crippen LogP contribution >= 0.6 is 0 Å². The third kappa shape index (κ3) is 3.97. The molecule has 0 radical (unpaired) electrons. The second kappa shape index (κ2) is 8.60. The third-order valence-corrected chi connectivity index (χ3v) is 5.69. The summed E-state index contributed by atoms with van der Waals surface area (Å²) in [6.45, 7) is 3.99. The number of rotatable bonds is 7. The predicted octanol–water partition coefficient (Wildman–Crippen LogP) is 2.94. The normalized spacial score (nSPS) is 11.3. The fourth-order valence-electron chi connectivity index (χ4n) is 3.96. The van der Waals surface area contributed by atoms with Gasteiger partial charge in [-0.15, -0.1) is 0 Å². The van der Waals surface area contributed by atoms with E-state index in [2.05, 4.69) is 20.2 Å². The van der Waals surface area contributed by atoms with Crippen LogP contribution in [0.5, 0.6) is 11.5 Å². The lowest BCUT2D eigenvalue weighted by Crippen LogP contribution is -2.12. The molecular weight excluding hydrogens is 450 g/mol. The van der Waals surface area contributed by atoms with Gasteiger partial charge in [-0.1, -0.05) is 12.1 Å². The van der Waals surface area contributed by atoms with Gasteiger partial charge in [0.15, 0.2) is 23.0 Å². The van der Waals surface area contributed by atoms with Gasteiger partial charge in [0.1, 0.15) is 17.7 Å². The van der Waals surface area contributed by atoms with Crippen molar-refractivity contribution in [1.82, 2.24) is 29.5 Å². The summed E-state index contributed by atoms with van der Waals surface area (Å²) < 4.78 is 14.1. The zero-order valence-electron chi connectivity index (χ0n) is 19.4. The molecule has 0 bridgehead atoms. The van der Waals surface area contributed by atoms with Crippen LogP contribution in [0.1, 0.15) is 27.4 Å². The van der Waals surface area contributed by atoms with Crippen LogP contribution < -0.4 is 10.5 Å². The molecule has 0 aliphatic heterocycles. The molecule has 178 valence electrons. The van der Waals surface area contributed by atoms with Gasteiger partial charge in [0.2, 0.25) is 0 Å². The topological polar surface area (TPSA) is 147 Å². The maximum atomic E-state index is 11.9. The van der Waals surface area contributed by atoms with Crippen molar-refractivity contribution in [1.29, 1.82) is 0 Å². The van der Waals surface area contributed by atoms with Gasteiger partial charge in [0.25, 0.3) is 11.8 Å². The fourth-order valence-corrected chi connectivity index (χ4v) is 3.96. The van der Waals surface area contributed by atoms with Crippen molar-refractivity contribution >= 4 is 16.8 Å². The minimum atomic E-state index is -0.660. The number of carbonyl (C=O) groups excluding carboxylic acids is 1. The largest absolute Gasteiger partial charge is 0.504 e. The number of ether oxygens (including phenoxy) is 1. The number of methoxy groups -OCH3 is 1. The summed E-state index contributed by atoms with van der Waals surface area (Å²) in [6.07, 6.45) is 3.63. The summed E-state index contributed by atoms with van der Waals surface area (Å²) >= 11 is 0. The van der Waals surface area contributed by atoms with Crippen LogP contribution in [-0.4, -0.2) is 47.7 Å². The number of aromatic hydroxyl groups is 1. The highest BCUT2D eigenvalue weighted by molar-refractivity contribution is 6.04. The van der Waals surface area contributed by atoms with Crippen molar-refractivity contribution in [2.75, 3.05) is 7.11 Å². The van der Waals surface area contributed by atoms with Crippen LogP contribution in [0, 0.1) is 13.8 Å². The Labute approximate surface area is 199 Å². The van der Waals surface area contributed by atoms with E-state index < -0.39 is 5.91 Å². The molecular formula is C24H23N7O4. The average molecular weight is 473 g/mol. The van der Waals surface area contributed by atoms with Gasteiger partial charge in [0.05, 0.1) is 18.8 Å². The smallest absolute Gasteiger partial charge is 0.269 e. The summed E-state index contributed by atoms with van der Waals surface area (Å²) in [5, 5.41) is 20.1. The first-order valence-corrected chi connectivity index (χ1v) is 10.9. The first kappa shape index (κ1) is 22.1. The Kier molecular flexibility index (Phi) is 5.44. The number of primary amides is 1. The highest BCUT2D eigenvalue weighted by Crippen LogP contribution is 2.33. The van der Waals surface area contributed by atoms with Crippen molar-refractivity contribution in [3.63, 3.8) is 0 Å². The van der Waals surface area contributed by atoms with Crippen molar-refractivity contribution < 1.29 is 19.1 Å². The van der Waals surface area contributed by atoms with Gasteiger partial charge < -0.3 is 20.0 Å². The van der Waals surface area contributed by atoms with E-state index in [0.717, 1.165) is 17.0 Å². The van der Waals surface area contributed by atoms with E-state index in [-0.39, 0.29) is 17.3 Å². The number of pyridine rings is 1. The molecule has 4 aromatic heterocycles. The number of nitrogens with two attached hydrogens (primary N) is 1. The van der Waals surface area contributed by atoms with E-state index in [1.807, 2.05) is 31.2 Å². The van der Waals surface area contributed by atoms with Gasteiger partial charge in [-0.05, 0) is 44.0 Å². The number of fused-ring (bicyclic) bond motifs is 1. The summed E-state index contributed by atoms with van der Waals surface area (Å²) in [4.78, 5) is 20.8. The number of hydrogen-bond acceptors (Lipinski definition) is 8. The number of benzene rings is 1. The predicted molar refractivity (Wildman–Crippen MR) is 127 cm³/mol. The van der Waals surface area contributed by atoms with E-state index in [9.17, 15) is 9.90 Å². The molecule has 11 heteroatoms. The molecule has 35 heavy (non-hydrogen) atoms. The molecule has 0 aliphatic rings. The van der Waals surface area contributed by atoms with Gasteiger partial charge in [-0.2, -0.15) is 15.2 Å². The molecule has 0 saturated carbocycles. The zero-order valence-corrected chi connectivity index (χ0v) is 19.4. The number of nitrogens with zero attached hydrogens (tertiary/aromatic N) is 6. The molecule has 0 unspecified atom stereocenters. The Morgan fingerprint density at radius 1 is 1.23 bits per heavy atom. The zero-order chi connectivity index (χ0) is 24.7. The first-order chi connectivity index (χ1) is 16.9. The molecule has 4 heterocycles. The molecule has 5 aromatic rings. The molecule has 1 aromatic carbocycles. The summed E-state index contributed by atoms with van der Waals surface area (Å²) in [7, 11) is 1.62. The molecule has 3 N–H and O–H groups in total. The molecule has 11 nitrogen and oxygen atoms in total. The highest BCUT2D eigenvalue weighted by Gasteiger charge is 2.23. The lowest BCUT2D eigenvalue weighted by atomic mass is 10.1. The van der Waals surface area contributed by atoms with Crippen LogP contribution in [0.25, 0.3) is 28.3 Å². The summed E-state index contributed by atoms with van der Waals surface area (Å²) in [6, 6.07) is 9.49. The first-order valence-electron chi connectivity index (χ1n) is 10.9. The standard InChI is InChI=1S/C24H23N7O4/c1-13-9-17-18(11-26-13)31(29-20(17)23(25)33)19-12-35-24(27-19)21-22(32)14(2)28-30(21)8-7-15-5-4-6-16(10-15)34-3/h4-6,9-12,32H,7-8H2,1-3H3,(H2,25,33). The van der Waals surface area contributed by atoms with Gasteiger partial charge >= 0.3 is 0 Å². The fraction of sp³-hybridized carbons (Fsp3) is 0.208. The van der Waals surface area contributed by atoms with E-state index in [0.29, 0.717) is 41.1 Å². The lowest BCUT2D eigenvalue weighted by Gasteiger charge is -2.07. The Morgan fingerprint density at radius 2 is 2.06 bits per heavy atom. The molecule has 5 rings (SSSR count). The lowest BCUT2D eigenvalue weighted by molar-refractivity contribution is 0.0996. The molecule has 0 atom stereocenters. The number of aryl methyl sites for hydroxylation is 4. The van der Waals surface area contributed by atoms with Crippen molar-refractivity contribution in [3.05, 3.63) is 65.4 Å². The summed E-state index contributed by atoms with van der Waals surface area (Å²) in [5.74, 6) is 0.552. The molecule has 0 saturated heterocycles. The molecule has 0 aliphatic carbocycles. The van der Waals surface area contributed by atoms with E-state index in [1.165, 1.54) is 10.9 Å². The molecule has 0 spiro atoms. The SMILES string of the molecule is COc1cccc(CCn2nc(C)c(O)c2-c2nc(-n3nc(C(N)=O)c4cc(C)ncc43)co2)c1. The second-order valence-electron chi connectivity index (χ2n) is 8.09. The maximum absolute atomic E-state index is 11.9. The summed E-state index contributed by atoms with van der Waals surface area (Å²) in [5.41, 5.74) is 8.76. The number of carbonyl (C=O) groups is 1. The Morgan fingerprint density at radius 3 is 2.83 bits per heavy atom. The number of oxazole rings is 1. The highest BCUT2D eigenvalue weighted by atomic mass is 16.5. The van der Waals surface area contributed by atoms with Crippen LogP contribution in [-0.2, 0) is 13.0 Å². The quantitative estimate of drug-likeness (QED) is 0.367. The van der Waals surface area contributed by atoms with Gasteiger partial charge in [0, 0.05) is 17.6 Å². The van der Waals surface area contributed by atoms with E-state index >= 15 is 0 Å². The molecule has 0 fully saturated rings. The number of aromatic nitrogens is 6. The van der Waals surface area contributed by atoms with E-state index in [4.69, 9.17) is 14.9 Å². The minimum absolute atomic E-state index is 0.0236. The van der Waals surface area contributed by atoms with Crippen LogP contribution in [0.4, 0.5) is 0 Å². The monoisotopic (exact) mass is 473 g/mol. The second-order valence-corrected chi connectivity index (χ2v) is 8.09.